The molecular weight excluding hydrogens is 397 g/mol. The number of hydrogen-bond donors (Lipinski definition) is 1. The Morgan fingerprint density at radius 3 is 2.44 bits per heavy atom. The molecule has 2 aromatic carbocycles. The number of carbonyl (C=O) groups excluding carboxylic acids is 2. The van der Waals surface area contributed by atoms with E-state index in [-0.39, 0.29) is 21.2 Å². The van der Waals surface area contributed by atoms with Crippen LogP contribution in [-0.2, 0) is 19.4 Å². The quantitative estimate of drug-likeness (QED) is 0.759. The zero-order valence-corrected chi connectivity index (χ0v) is 16.3. The van der Waals surface area contributed by atoms with Crippen molar-refractivity contribution in [3.63, 3.8) is 0 Å². The molecule has 0 radical (unpaired) electrons. The molecule has 9 heteroatoms. The van der Waals surface area contributed by atoms with Gasteiger partial charge in [-0.1, -0.05) is 17.7 Å². The molecule has 2 rings (SSSR count). The molecule has 0 heterocycles. The molecular formula is C18H17ClFNO5S. The SMILES string of the molecule is Cc1ccc(S(C)(=O)=O)cc1C(=O)O[C@@H](C)C(=O)Nc1ccc(F)cc1Cl. The molecule has 0 unspecified atom stereocenters. The van der Waals surface area contributed by atoms with E-state index in [2.05, 4.69) is 5.32 Å². The minimum atomic E-state index is -3.50. The van der Waals surface area contributed by atoms with E-state index < -0.39 is 33.6 Å². The minimum Gasteiger partial charge on any atom is -0.449 e. The topological polar surface area (TPSA) is 89.5 Å². The van der Waals surface area contributed by atoms with Crippen LogP contribution in [0.15, 0.2) is 41.3 Å². The van der Waals surface area contributed by atoms with Gasteiger partial charge in [0.2, 0.25) is 0 Å². The standard InChI is InChI=1S/C18H17ClFNO5S/c1-10-4-6-13(27(3,24)25)9-14(10)18(23)26-11(2)17(22)21-16-7-5-12(20)8-15(16)19/h4-9,11H,1-3H3,(H,21,22)/t11-/m0/s1. The molecule has 144 valence electrons. The number of sulfone groups is 1. The number of benzene rings is 2. The molecule has 0 aliphatic heterocycles. The lowest BCUT2D eigenvalue weighted by Gasteiger charge is -2.15. The molecule has 0 saturated carbocycles. The van der Waals surface area contributed by atoms with Crippen molar-refractivity contribution in [3.8, 4) is 0 Å². The molecule has 0 saturated heterocycles. The molecule has 27 heavy (non-hydrogen) atoms. The molecule has 1 atom stereocenters. The van der Waals surface area contributed by atoms with Crippen LogP contribution in [0.2, 0.25) is 5.02 Å². The summed E-state index contributed by atoms with van der Waals surface area (Å²) in [4.78, 5) is 24.5. The van der Waals surface area contributed by atoms with E-state index in [1.54, 1.807) is 6.92 Å². The Kier molecular flexibility index (Phi) is 6.22. The van der Waals surface area contributed by atoms with Crippen molar-refractivity contribution in [2.24, 2.45) is 0 Å². The van der Waals surface area contributed by atoms with Crippen LogP contribution in [0.25, 0.3) is 0 Å². The van der Waals surface area contributed by atoms with Crippen LogP contribution in [0.1, 0.15) is 22.8 Å². The molecule has 0 aliphatic carbocycles. The maximum atomic E-state index is 13.0. The van der Waals surface area contributed by atoms with Crippen molar-refractivity contribution >= 4 is 39.0 Å². The van der Waals surface area contributed by atoms with Gasteiger partial charge in [-0.25, -0.2) is 17.6 Å². The van der Waals surface area contributed by atoms with E-state index in [4.69, 9.17) is 16.3 Å². The smallest absolute Gasteiger partial charge is 0.339 e. The monoisotopic (exact) mass is 413 g/mol. The van der Waals surface area contributed by atoms with Gasteiger partial charge in [-0.15, -0.1) is 0 Å². The lowest BCUT2D eigenvalue weighted by atomic mass is 10.1. The summed E-state index contributed by atoms with van der Waals surface area (Å²) in [5, 5.41) is 2.43. The van der Waals surface area contributed by atoms with Crippen LogP contribution in [0.3, 0.4) is 0 Å². The lowest BCUT2D eigenvalue weighted by molar-refractivity contribution is -0.123. The Morgan fingerprint density at radius 2 is 1.85 bits per heavy atom. The number of halogens is 2. The van der Waals surface area contributed by atoms with Gasteiger partial charge in [0.05, 0.1) is 21.2 Å². The first kappa shape index (κ1) is 20.9. The van der Waals surface area contributed by atoms with Crippen LogP contribution in [0.4, 0.5) is 10.1 Å². The first-order chi connectivity index (χ1) is 12.5. The average Bonchev–Trinajstić information content (AvgIpc) is 2.56. The number of ether oxygens (including phenoxy) is 1. The van der Waals surface area contributed by atoms with Crippen molar-refractivity contribution in [2.75, 3.05) is 11.6 Å². The zero-order valence-electron chi connectivity index (χ0n) is 14.7. The number of hydrogen-bond acceptors (Lipinski definition) is 5. The van der Waals surface area contributed by atoms with E-state index in [1.165, 1.54) is 31.2 Å². The Labute approximate surface area is 161 Å². The summed E-state index contributed by atoms with van der Waals surface area (Å²) in [6.07, 6.45) is -0.171. The van der Waals surface area contributed by atoms with E-state index >= 15 is 0 Å². The van der Waals surface area contributed by atoms with Crippen molar-refractivity contribution in [1.82, 2.24) is 0 Å². The van der Waals surface area contributed by atoms with Gasteiger partial charge in [-0.2, -0.15) is 0 Å². The summed E-state index contributed by atoms with van der Waals surface area (Å²) >= 11 is 5.84. The second-order valence-corrected chi connectivity index (χ2v) is 8.33. The highest BCUT2D eigenvalue weighted by Gasteiger charge is 2.22. The highest BCUT2D eigenvalue weighted by atomic mass is 35.5. The average molecular weight is 414 g/mol. The van der Waals surface area contributed by atoms with Gasteiger partial charge in [-0.3, -0.25) is 4.79 Å². The Hall–Kier alpha value is -2.45. The van der Waals surface area contributed by atoms with Crippen molar-refractivity contribution in [3.05, 3.63) is 58.4 Å². The molecule has 0 aliphatic rings. The lowest BCUT2D eigenvalue weighted by Crippen LogP contribution is -2.30. The Morgan fingerprint density at radius 1 is 1.19 bits per heavy atom. The largest absolute Gasteiger partial charge is 0.449 e. The minimum absolute atomic E-state index is 0.00132. The van der Waals surface area contributed by atoms with Crippen LogP contribution >= 0.6 is 11.6 Å². The predicted octanol–water partition coefficient (Wildman–Crippen LogP) is 3.38. The molecule has 0 aromatic heterocycles. The maximum Gasteiger partial charge on any atom is 0.339 e. The molecule has 2 aromatic rings. The van der Waals surface area contributed by atoms with Crippen LogP contribution in [0, 0.1) is 12.7 Å². The van der Waals surface area contributed by atoms with Gasteiger partial charge in [0.15, 0.2) is 15.9 Å². The highest BCUT2D eigenvalue weighted by molar-refractivity contribution is 7.90. The fourth-order valence-electron chi connectivity index (χ4n) is 2.15. The number of esters is 1. The number of nitrogens with one attached hydrogen (secondary N) is 1. The summed E-state index contributed by atoms with van der Waals surface area (Å²) in [6, 6.07) is 7.51. The van der Waals surface area contributed by atoms with Gasteiger partial charge in [0.25, 0.3) is 5.91 Å². The molecule has 1 amide bonds. The number of anilines is 1. The van der Waals surface area contributed by atoms with Gasteiger partial charge >= 0.3 is 5.97 Å². The van der Waals surface area contributed by atoms with E-state index in [0.29, 0.717) is 5.56 Å². The molecule has 1 N–H and O–H groups in total. The molecule has 0 spiro atoms. The summed E-state index contributed by atoms with van der Waals surface area (Å²) < 4.78 is 41.5. The molecule has 0 bridgehead atoms. The van der Waals surface area contributed by atoms with Crippen molar-refractivity contribution in [1.29, 1.82) is 0 Å². The fraction of sp³-hybridized carbons (Fsp3) is 0.222. The highest BCUT2D eigenvalue weighted by Crippen LogP contribution is 2.23. The first-order valence-electron chi connectivity index (χ1n) is 7.76. The number of amides is 1. The van der Waals surface area contributed by atoms with Crippen LogP contribution in [0.5, 0.6) is 0 Å². The zero-order chi connectivity index (χ0) is 20.4. The number of rotatable bonds is 5. The summed E-state index contributed by atoms with van der Waals surface area (Å²) in [7, 11) is -3.50. The third-order valence-electron chi connectivity index (χ3n) is 3.70. The van der Waals surface area contributed by atoms with Crippen LogP contribution in [-0.4, -0.2) is 32.7 Å². The Balaban J connectivity index is 2.14. The molecule has 6 nitrogen and oxygen atoms in total. The second-order valence-electron chi connectivity index (χ2n) is 5.91. The van der Waals surface area contributed by atoms with E-state index in [9.17, 15) is 22.4 Å². The second kappa shape index (κ2) is 8.06. The summed E-state index contributed by atoms with van der Waals surface area (Å²) in [5.41, 5.74) is 0.709. The van der Waals surface area contributed by atoms with Gasteiger partial charge < -0.3 is 10.1 Å². The van der Waals surface area contributed by atoms with Gasteiger partial charge in [0, 0.05) is 6.26 Å². The fourth-order valence-corrected chi connectivity index (χ4v) is 3.02. The predicted molar refractivity (Wildman–Crippen MR) is 99.2 cm³/mol. The van der Waals surface area contributed by atoms with E-state index in [1.807, 2.05) is 0 Å². The third-order valence-corrected chi connectivity index (χ3v) is 5.12. The molecule has 0 fully saturated rings. The number of aryl methyl sites for hydroxylation is 1. The number of carbonyl (C=O) groups is 2. The van der Waals surface area contributed by atoms with E-state index in [0.717, 1.165) is 18.4 Å². The van der Waals surface area contributed by atoms with Gasteiger partial charge in [0.1, 0.15) is 5.82 Å². The third kappa shape index (κ3) is 5.27. The maximum absolute atomic E-state index is 13.0. The van der Waals surface area contributed by atoms with Crippen molar-refractivity contribution < 1.29 is 27.1 Å². The Bertz CT molecular complexity index is 1010. The van der Waals surface area contributed by atoms with Crippen molar-refractivity contribution in [2.45, 2.75) is 24.8 Å². The normalized spacial score (nSPS) is 12.3. The summed E-state index contributed by atoms with van der Waals surface area (Å²) in [6.45, 7) is 2.96. The van der Waals surface area contributed by atoms with Crippen LogP contribution < -0.4 is 5.32 Å². The van der Waals surface area contributed by atoms with Gasteiger partial charge in [-0.05, 0) is 49.7 Å². The summed E-state index contributed by atoms with van der Waals surface area (Å²) in [5.74, 6) is -2.07. The first-order valence-corrected chi connectivity index (χ1v) is 10.0.